The van der Waals surface area contributed by atoms with E-state index in [4.69, 9.17) is 0 Å². The normalized spacial score (nSPS) is 12.8. The largest absolute Gasteiger partial charge is 0.310 e. The molecule has 0 spiro atoms. The molecule has 9 aromatic carbocycles. The Kier molecular flexibility index (Phi) is 6.65. The lowest BCUT2D eigenvalue weighted by Gasteiger charge is -2.29. The highest BCUT2D eigenvalue weighted by Crippen LogP contribution is 2.43. The van der Waals surface area contributed by atoms with E-state index in [2.05, 4.69) is 215 Å². The number of para-hydroxylation sites is 4. The molecule has 58 heavy (non-hydrogen) atoms. The van der Waals surface area contributed by atoms with Gasteiger partial charge >= 0.3 is 0 Å². The molecule has 0 saturated heterocycles. The lowest BCUT2D eigenvalue weighted by atomic mass is 9.34. The first-order valence-electron chi connectivity index (χ1n) is 20.4. The third-order valence-electron chi connectivity index (χ3n) is 13.1. The molecule has 0 saturated carbocycles. The van der Waals surface area contributed by atoms with Crippen LogP contribution in [-0.2, 0) is 0 Å². The minimum atomic E-state index is 0.0285. The number of aromatic nitrogens is 2. The van der Waals surface area contributed by atoms with Gasteiger partial charge in [0.1, 0.15) is 0 Å². The van der Waals surface area contributed by atoms with E-state index >= 15 is 0 Å². The van der Waals surface area contributed by atoms with Crippen LogP contribution in [0, 0.1) is 0 Å². The maximum absolute atomic E-state index is 2.63. The van der Waals surface area contributed by atoms with Gasteiger partial charge in [-0.1, -0.05) is 199 Å². The molecule has 0 aliphatic carbocycles. The van der Waals surface area contributed by atoms with Crippen molar-refractivity contribution in [2.45, 2.75) is 0 Å². The van der Waals surface area contributed by atoms with Gasteiger partial charge in [-0.3, -0.25) is 0 Å². The van der Waals surface area contributed by atoms with E-state index in [1.807, 2.05) is 0 Å². The van der Waals surface area contributed by atoms with E-state index in [0.29, 0.717) is 0 Å². The van der Waals surface area contributed by atoms with Gasteiger partial charge in [-0.05, 0) is 62.3 Å². The topological polar surface area (TPSA) is 9.86 Å². The Balaban J connectivity index is 1.20. The van der Waals surface area contributed by atoms with Crippen molar-refractivity contribution in [1.82, 2.24) is 9.13 Å². The molecule has 0 N–H and O–H groups in total. The van der Waals surface area contributed by atoms with Gasteiger partial charge in [0.15, 0.2) is 0 Å². The van der Waals surface area contributed by atoms with Crippen molar-refractivity contribution in [2.24, 2.45) is 0 Å². The van der Waals surface area contributed by atoms with E-state index in [1.54, 1.807) is 0 Å². The van der Waals surface area contributed by atoms with Gasteiger partial charge in [0.05, 0.1) is 16.6 Å². The summed E-state index contributed by atoms with van der Waals surface area (Å²) in [5.41, 5.74) is 20.7. The van der Waals surface area contributed by atoms with Crippen LogP contribution in [0.4, 0.5) is 0 Å². The molecule has 0 radical (unpaired) electrons. The Morgan fingerprint density at radius 2 is 0.776 bits per heavy atom. The summed E-state index contributed by atoms with van der Waals surface area (Å²) >= 11 is 0. The summed E-state index contributed by atoms with van der Waals surface area (Å²) in [7, 11) is 0. The molecule has 2 nitrogen and oxygen atoms in total. The average Bonchev–Trinajstić information content (AvgIpc) is 3.82. The fourth-order valence-corrected chi connectivity index (χ4v) is 10.8. The lowest BCUT2D eigenvalue weighted by Crippen LogP contribution is -2.56. The second-order valence-corrected chi connectivity index (χ2v) is 15.9. The minimum absolute atomic E-state index is 0.0285. The van der Waals surface area contributed by atoms with Crippen LogP contribution in [0.25, 0.3) is 77.2 Å². The number of nitrogens with zero attached hydrogens (tertiary/aromatic N) is 2. The van der Waals surface area contributed by atoms with E-state index < -0.39 is 0 Å². The predicted molar refractivity (Wildman–Crippen MR) is 248 cm³/mol. The van der Waals surface area contributed by atoms with Crippen molar-refractivity contribution in [3.63, 3.8) is 0 Å². The van der Waals surface area contributed by atoms with Crippen molar-refractivity contribution >= 4 is 89.8 Å². The molecule has 11 aromatic rings. The number of hydrogen-bond donors (Lipinski definition) is 0. The third-order valence-corrected chi connectivity index (χ3v) is 13.1. The maximum Gasteiger partial charge on any atom is 0.247 e. The van der Waals surface area contributed by atoms with Crippen LogP contribution in [-0.4, -0.2) is 22.6 Å². The predicted octanol–water partition coefficient (Wildman–Crippen LogP) is 8.87. The molecule has 0 atom stereocenters. The standard InChI is InChI=1S/C54H34B2N2/c1-3-18-35(19-4-1)37-22-7-10-26-42(37)55-45-29-13-16-33-50(45)58-52-39(25-17-30-46(52)55)41-34-47-54-51(53(41)58)40-24-9-14-31-48(40)57(54)49-32-15-12-28-44(49)56(47)43-27-11-8-23-38(43)36-20-5-2-6-21-36/h1-34H. The summed E-state index contributed by atoms with van der Waals surface area (Å²) in [6.45, 7) is 0.0932. The third kappa shape index (κ3) is 4.24. The molecular weight excluding hydrogens is 698 g/mol. The van der Waals surface area contributed by atoms with Gasteiger partial charge in [-0.25, -0.2) is 0 Å². The number of hydrogen-bond acceptors (Lipinski definition) is 0. The zero-order chi connectivity index (χ0) is 37.9. The Hall–Kier alpha value is -7.29. The monoisotopic (exact) mass is 732 g/mol. The minimum Gasteiger partial charge on any atom is -0.310 e. The molecule has 4 heteroatoms. The first-order valence-corrected chi connectivity index (χ1v) is 20.4. The molecule has 2 aromatic heterocycles. The van der Waals surface area contributed by atoms with Crippen LogP contribution in [0.5, 0.6) is 0 Å². The van der Waals surface area contributed by atoms with E-state index in [9.17, 15) is 0 Å². The lowest BCUT2D eigenvalue weighted by molar-refractivity contribution is 1.18. The number of benzene rings is 9. The first-order chi connectivity index (χ1) is 28.8. The van der Waals surface area contributed by atoms with Gasteiger partial charge in [-0.15, -0.1) is 0 Å². The molecule has 4 heterocycles. The van der Waals surface area contributed by atoms with Gasteiger partial charge in [0.25, 0.3) is 0 Å². The fraction of sp³-hybridized carbons (Fsp3) is 0. The van der Waals surface area contributed by atoms with Crippen molar-refractivity contribution in [2.75, 3.05) is 0 Å². The molecule has 2 aliphatic rings. The molecule has 0 bridgehead atoms. The SMILES string of the molecule is c1ccc(-c2ccccc2B2c3ccccc3-n3c4ccccc4c4c3c2cc2c3cccc5c3n(c24)-c2ccccc2B5c2ccccc2-c2ccccc2)cc1. The molecule has 0 unspecified atom stereocenters. The van der Waals surface area contributed by atoms with Crippen molar-refractivity contribution < 1.29 is 0 Å². The average molecular weight is 733 g/mol. The molecule has 266 valence electrons. The summed E-state index contributed by atoms with van der Waals surface area (Å²) < 4.78 is 5.19. The van der Waals surface area contributed by atoms with Gasteiger partial charge in [0, 0.05) is 38.4 Å². The van der Waals surface area contributed by atoms with E-state index in [1.165, 1.54) is 110 Å². The Labute approximate surface area is 337 Å². The van der Waals surface area contributed by atoms with Gasteiger partial charge in [0.2, 0.25) is 13.4 Å². The zero-order valence-corrected chi connectivity index (χ0v) is 31.7. The van der Waals surface area contributed by atoms with Crippen molar-refractivity contribution in [1.29, 1.82) is 0 Å². The summed E-state index contributed by atoms with van der Waals surface area (Å²) in [6, 6.07) is 76.8. The van der Waals surface area contributed by atoms with Crippen molar-refractivity contribution in [3.05, 3.63) is 206 Å². The molecular formula is C54H34B2N2. The highest BCUT2D eigenvalue weighted by molar-refractivity contribution is 7.00. The molecule has 0 fully saturated rings. The van der Waals surface area contributed by atoms with Gasteiger partial charge < -0.3 is 9.13 Å². The molecule has 13 rings (SSSR count). The molecule has 2 aliphatic heterocycles. The number of rotatable bonds is 4. The fourth-order valence-electron chi connectivity index (χ4n) is 10.8. The summed E-state index contributed by atoms with van der Waals surface area (Å²) in [6.07, 6.45) is 0. The van der Waals surface area contributed by atoms with Crippen molar-refractivity contribution in [3.8, 4) is 33.6 Å². The highest BCUT2D eigenvalue weighted by Gasteiger charge is 2.39. The zero-order valence-electron chi connectivity index (χ0n) is 31.7. The Morgan fingerprint density at radius 1 is 0.293 bits per heavy atom. The second kappa shape index (κ2) is 12.1. The van der Waals surface area contributed by atoms with Crippen LogP contribution >= 0.6 is 0 Å². The number of fused-ring (bicyclic) bond motifs is 11. The maximum atomic E-state index is 2.63. The van der Waals surface area contributed by atoms with Crippen LogP contribution in [0.1, 0.15) is 0 Å². The van der Waals surface area contributed by atoms with Crippen LogP contribution in [0.3, 0.4) is 0 Å². The highest BCUT2D eigenvalue weighted by atomic mass is 15.0. The van der Waals surface area contributed by atoms with Gasteiger partial charge in [-0.2, -0.15) is 0 Å². The van der Waals surface area contributed by atoms with Crippen LogP contribution in [0.15, 0.2) is 206 Å². The second-order valence-electron chi connectivity index (χ2n) is 15.9. The molecule has 0 amide bonds. The van der Waals surface area contributed by atoms with Crippen LogP contribution in [0.2, 0.25) is 0 Å². The Bertz CT molecular complexity index is 3470. The Morgan fingerprint density at radius 3 is 1.43 bits per heavy atom. The summed E-state index contributed by atoms with van der Waals surface area (Å²) in [5.74, 6) is 0. The quantitative estimate of drug-likeness (QED) is 0.160. The summed E-state index contributed by atoms with van der Waals surface area (Å²) in [4.78, 5) is 0. The van der Waals surface area contributed by atoms with E-state index in [-0.39, 0.29) is 13.4 Å². The van der Waals surface area contributed by atoms with Crippen LogP contribution < -0.4 is 32.8 Å². The van der Waals surface area contributed by atoms with E-state index in [0.717, 1.165) is 0 Å². The smallest absolute Gasteiger partial charge is 0.247 e. The summed E-state index contributed by atoms with van der Waals surface area (Å²) in [5, 5.41) is 5.20. The first kappa shape index (κ1) is 31.9.